The highest BCUT2D eigenvalue weighted by atomic mass is 16.5. The quantitative estimate of drug-likeness (QED) is 0.767. The zero-order chi connectivity index (χ0) is 18.1. The van der Waals surface area contributed by atoms with E-state index in [4.69, 9.17) is 14.2 Å². The normalized spacial score (nSPS) is 26.4. The van der Waals surface area contributed by atoms with Gasteiger partial charge in [-0.15, -0.1) is 0 Å². The molecule has 2 bridgehead atoms. The number of nitrogens with one attached hydrogen (secondary N) is 1. The lowest BCUT2D eigenvalue weighted by molar-refractivity contribution is -0.313. The van der Waals surface area contributed by atoms with Crippen molar-refractivity contribution in [3.8, 4) is 17.2 Å². The van der Waals surface area contributed by atoms with Crippen LogP contribution >= 0.6 is 0 Å². The lowest BCUT2D eigenvalue weighted by Gasteiger charge is -2.28. The summed E-state index contributed by atoms with van der Waals surface area (Å²) in [6.45, 7) is 0. The van der Waals surface area contributed by atoms with Gasteiger partial charge in [0.25, 0.3) is 0 Å². The van der Waals surface area contributed by atoms with Crippen molar-refractivity contribution in [3.05, 3.63) is 24.3 Å². The Balaban J connectivity index is 1.86. The number of methoxy groups -OCH3 is 3. The maximum Gasteiger partial charge on any atom is 0.228 e. The average molecular weight is 346 g/mol. The Bertz CT molecular complexity index is 703. The van der Waals surface area contributed by atoms with Crippen molar-refractivity contribution in [3.63, 3.8) is 0 Å². The van der Waals surface area contributed by atoms with Gasteiger partial charge in [0, 0.05) is 29.7 Å². The average Bonchev–Trinajstić information content (AvgIpc) is 3.21. The molecule has 134 valence electrons. The number of amides is 1. The maximum absolute atomic E-state index is 12.7. The molecule has 3 rings (SSSR count). The largest absolute Gasteiger partial charge is 0.550 e. The number of allylic oxidation sites excluding steroid dienone is 2. The van der Waals surface area contributed by atoms with Crippen molar-refractivity contribution in [2.24, 2.45) is 23.7 Å². The fraction of sp³-hybridized carbons (Fsp3) is 0.444. The van der Waals surface area contributed by atoms with Crippen LogP contribution in [0.15, 0.2) is 24.3 Å². The predicted molar refractivity (Wildman–Crippen MR) is 87.5 cm³/mol. The van der Waals surface area contributed by atoms with Crippen LogP contribution in [0.4, 0.5) is 5.69 Å². The van der Waals surface area contributed by atoms with Gasteiger partial charge in [-0.3, -0.25) is 4.79 Å². The van der Waals surface area contributed by atoms with Crippen molar-refractivity contribution in [2.45, 2.75) is 6.42 Å². The molecule has 0 aromatic heterocycles. The van der Waals surface area contributed by atoms with Crippen LogP contribution in [0.3, 0.4) is 0 Å². The molecule has 0 radical (unpaired) electrons. The van der Waals surface area contributed by atoms with Gasteiger partial charge >= 0.3 is 0 Å². The second-order valence-electron chi connectivity index (χ2n) is 6.22. The molecule has 0 aliphatic heterocycles. The molecule has 1 aromatic rings. The van der Waals surface area contributed by atoms with E-state index in [1.165, 1.54) is 21.3 Å². The Morgan fingerprint density at radius 2 is 1.56 bits per heavy atom. The lowest BCUT2D eigenvalue weighted by Crippen LogP contribution is -2.42. The molecular weight excluding hydrogens is 326 g/mol. The highest BCUT2D eigenvalue weighted by molar-refractivity contribution is 5.96. The lowest BCUT2D eigenvalue weighted by atomic mass is 9.82. The van der Waals surface area contributed by atoms with Gasteiger partial charge in [-0.2, -0.15) is 0 Å². The van der Waals surface area contributed by atoms with E-state index in [0.717, 1.165) is 0 Å². The number of carbonyl (C=O) groups excluding carboxylic acids is 2. The SMILES string of the molecule is COc1cc(NC(=O)[C@H]2[C@@H](C(=O)[O-])[C@H]3C=C[C@@H]2C3)cc(OC)c1OC. The molecule has 0 spiro atoms. The fourth-order valence-electron chi connectivity index (χ4n) is 3.88. The van der Waals surface area contributed by atoms with Crippen molar-refractivity contribution in [1.82, 2.24) is 0 Å². The number of hydrogen-bond donors (Lipinski definition) is 1. The number of anilines is 1. The van der Waals surface area contributed by atoms with Crippen LogP contribution in [0.25, 0.3) is 0 Å². The van der Waals surface area contributed by atoms with Crippen molar-refractivity contribution < 1.29 is 28.9 Å². The molecule has 0 heterocycles. The van der Waals surface area contributed by atoms with E-state index in [1.807, 2.05) is 12.2 Å². The molecule has 1 fully saturated rings. The summed E-state index contributed by atoms with van der Waals surface area (Å²) in [5.74, 6) is -1.94. The molecule has 1 aromatic carbocycles. The number of carboxylic acids is 1. The summed E-state index contributed by atoms with van der Waals surface area (Å²) < 4.78 is 15.8. The first-order valence-corrected chi connectivity index (χ1v) is 8.00. The van der Waals surface area contributed by atoms with E-state index < -0.39 is 17.8 Å². The first kappa shape index (κ1) is 17.1. The van der Waals surface area contributed by atoms with Crippen molar-refractivity contribution >= 4 is 17.6 Å². The molecule has 2 aliphatic carbocycles. The van der Waals surface area contributed by atoms with Crippen LogP contribution in [0.5, 0.6) is 17.2 Å². The molecule has 0 unspecified atom stereocenters. The summed E-state index contributed by atoms with van der Waals surface area (Å²) in [6, 6.07) is 3.21. The number of ether oxygens (including phenoxy) is 3. The summed E-state index contributed by atoms with van der Waals surface area (Å²) in [4.78, 5) is 24.2. The number of hydrogen-bond acceptors (Lipinski definition) is 6. The van der Waals surface area contributed by atoms with Crippen molar-refractivity contribution in [1.29, 1.82) is 0 Å². The molecule has 25 heavy (non-hydrogen) atoms. The third kappa shape index (κ3) is 2.90. The van der Waals surface area contributed by atoms with E-state index in [0.29, 0.717) is 29.4 Å². The van der Waals surface area contributed by atoms with Gasteiger partial charge in [-0.05, 0) is 18.3 Å². The Kier molecular flexibility index (Phi) is 4.57. The van der Waals surface area contributed by atoms with Crippen LogP contribution in [0, 0.1) is 23.7 Å². The second-order valence-corrected chi connectivity index (χ2v) is 6.22. The molecular formula is C18H20NO6-. The summed E-state index contributed by atoms with van der Waals surface area (Å²) >= 11 is 0. The van der Waals surface area contributed by atoms with E-state index in [1.54, 1.807) is 12.1 Å². The fourth-order valence-corrected chi connectivity index (χ4v) is 3.88. The summed E-state index contributed by atoms with van der Waals surface area (Å²) in [7, 11) is 4.45. The number of carbonyl (C=O) groups is 2. The molecule has 1 N–H and O–H groups in total. The highest BCUT2D eigenvalue weighted by Crippen LogP contribution is 2.48. The van der Waals surface area contributed by atoms with E-state index in [2.05, 4.69) is 5.32 Å². The van der Waals surface area contributed by atoms with Crippen LogP contribution in [-0.4, -0.2) is 33.2 Å². The molecule has 1 saturated carbocycles. The van der Waals surface area contributed by atoms with Crippen LogP contribution in [0.2, 0.25) is 0 Å². The van der Waals surface area contributed by atoms with Crippen LogP contribution in [-0.2, 0) is 9.59 Å². The first-order chi connectivity index (χ1) is 12.0. The Morgan fingerprint density at radius 3 is 2.04 bits per heavy atom. The van der Waals surface area contributed by atoms with E-state index in [9.17, 15) is 14.7 Å². The molecule has 1 amide bonds. The van der Waals surface area contributed by atoms with Gasteiger partial charge in [-0.1, -0.05) is 12.2 Å². The minimum atomic E-state index is -1.18. The monoisotopic (exact) mass is 346 g/mol. The van der Waals surface area contributed by atoms with Gasteiger partial charge in [0.1, 0.15) is 0 Å². The van der Waals surface area contributed by atoms with Crippen molar-refractivity contribution in [2.75, 3.05) is 26.6 Å². The molecule has 0 saturated heterocycles. The number of fused-ring (bicyclic) bond motifs is 2. The third-order valence-corrected chi connectivity index (χ3v) is 4.97. The summed E-state index contributed by atoms with van der Waals surface area (Å²) in [5.41, 5.74) is 0.448. The topological polar surface area (TPSA) is 96.9 Å². The summed E-state index contributed by atoms with van der Waals surface area (Å²) in [6.07, 6.45) is 4.46. The number of rotatable bonds is 6. The molecule has 7 heteroatoms. The van der Waals surface area contributed by atoms with Gasteiger partial charge in [0.05, 0.1) is 27.2 Å². The smallest absolute Gasteiger partial charge is 0.228 e. The van der Waals surface area contributed by atoms with Gasteiger partial charge in [0.15, 0.2) is 11.5 Å². The second kappa shape index (κ2) is 6.66. The first-order valence-electron chi connectivity index (χ1n) is 8.00. The molecule has 7 nitrogen and oxygen atoms in total. The molecule has 4 atom stereocenters. The minimum Gasteiger partial charge on any atom is -0.550 e. The zero-order valence-electron chi connectivity index (χ0n) is 14.3. The minimum absolute atomic E-state index is 0.0741. The third-order valence-electron chi connectivity index (χ3n) is 4.97. The zero-order valence-corrected chi connectivity index (χ0v) is 14.3. The van der Waals surface area contributed by atoms with Crippen LogP contribution in [0.1, 0.15) is 6.42 Å². The Hall–Kier alpha value is -2.70. The van der Waals surface area contributed by atoms with Gasteiger partial charge < -0.3 is 29.4 Å². The number of aliphatic carboxylic acids is 1. The highest BCUT2D eigenvalue weighted by Gasteiger charge is 2.48. The maximum atomic E-state index is 12.7. The van der Waals surface area contributed by atoms with Gasteiger partial charge in [-0.25, -0.2) is 0 Å². The van der Waals surface area contributed by atoms with Crippen LogP contribution < -0.4 is 24.6 Å². The van der Waals surface area contributed by atoms with E-state index in [-0.39, 0.29) is 17.7 Å². The summed E-state index contributed by atoms with van der Waals surface area (Å²) in [5, 5.41) is 14.2. The number of benzene rings is 1. The standard InChI is InChI=1S/C18H21NO6/c1-23-12-7-11(8-13(24-2)16(12)25-3)19-17(20)14-9-4-5-10(6-9)15(14)18(21)22/h4-5,7-10,14-15H,6H2,1-3H3,(H,19,20)(H,21,22)/p-1/t9-,10+,14-,15+/m1/s1. The van der Waals surface area contributed by atoms with E-state index >= 15 is 0 Å². The number of carboxylic acid groups (broad SMARTS) is 1. The Labute approximate surface area is 145 Å². The predicted octanol–water partition coefficient (Wildman–Crippen LogP) is 0.839. The molecule has 2 aliphatic rings. The van der Waals surface area contributed by atoms with Gasteiger partial charge in [0.2, 0.25) is 11.7 Å². The Morgan fingerprint density at radius 1 is 1.00 bits per heavy atom.